The molecular weight excluding hydrogens is 303 g/mol. The van der Waals surface area contributed by atoms with Crippen molar-refractivity contribution in [2.45, 2.75) is 0 Å². The molecule has 0 fully saturated rings. The average Bonchev–Trinajstić information content (AvgIpc) is 2.44. The molecule has 2 aromatic rings. The molecule has 2 rings (SSSR count). The molecule has 0 atom stereocenters. The second-order valence-corrected chi connectivity index (χ2v) is 4.10. The predicted molar refractivity (Wildman–Crippen MR) is 74.0 cm³/mol. The Hall–Kier alpha value is -0.709. The van der Waals surface area contributed by atoms with Crippen molar-refractivity contribution in [3.8, 4) is 17.6 Å². The summed E-state index contributed by atoms with van der Waals surface area (Å²) >= 11 is 0. The molecule has 1 nitrogen and oxygen atoms in total. The fourth-order valence-corrected chi connectivity index (χ4v) is 1.56. The van der Waals surface area contributed by atoms with E-state index in [2.05, 4.69) is 11.8 Å². The Morgan fingerprint density at radius 1 is 0.905 bits per heavy atom. The number of rotatable bonds is 3. The van der Waals surface area contributed by atoms with Crippen molar-refractivity contribution < 1.29 is 69.1 Å². The largest absolute Gasteiger partial charge is 1.00 e. The number of hydrogen-bond acceptors (Lipinski definition) is 1. The van der Waals surface area contributed by atoms with Gasteiger partial charge in [-0.25, -0.2) is 0 Å². The van der Waals surface area contributed by atoms with Gasteiger partial charge in [-0.15, -0.1) is 5.46 Å². The first-order valence-corrected chi connectivity index (χ1v) is 6.02. The van der Waals surface area contributed by atoms with Crippen LogP contribution in [0.25, 0.3) is 0 Å². The molecule has 21 heavy (non-hydrogen) atoms. The van der Waals surface area contributed by atoms with Gasteiger partial charge in [0.15, 0.2) is 0 Å². The first kappa shape index (κ1) is 18.3. The van der Waals surface area contributed by atoms with E-state index in [4.69, 9.17) is 4.74 Å². The first-order chi connectivity index (χ1) is 9.55. The van der Waals surface area contributed by atoms with E-state index in [1.807, 2.05) is 30.3 Å². The third-order valence-corrected chi connectivity index (χ3v) is 2.58. The number of benzene rings is 2. The van der Waals surface area contributed by atoms with Gasteiger partial charge in [-0.1, -0.05) is 42.2 Å². The number of hydrogen-bond donors (Lipinski definition) is 0. The van der Waals surface area contributed by atoms with Gasteiger partial charge in [-0.3, -0.25) is 0 Å². The minimum atomic E-state index is -4.96. The van der Waals surface area contributed by atoms with Crippen LogP contribution in [0.5, 0.6) is 5.75 Å². The molecule has 0 amide bonds. The first-order valence-electron chi connectivity index (χ1n) is 6.02. The van der Waals surface area contributed by atoms with Crippen LogP contribution in [0.1, 0.15) is 5.56 Å². The summed E-state index contributed by atoms with van der Waals surface area (Å²) in [6, 6.07) is 14.0. The molecule has 2 aromatic carbocycles. The van der Waals surface area contributed by atoms with E-state index in [0.29, 0.717) is 5.75 Å². The molecule has 0 saturated carbocycles. The Balaban J connectivity index is 0.00000220. The van der Waals surface area contributed by atoms with Crippen LogP contribution < -0.4 is 61.6 Å². The van der Waals surface area contributed by atoms with Crippen molar-refractivity contribution in [1.82, 2.24) is 0 Å². The topological polar surface area (TPSA) is 9.23 Å². The van der Waals surface area contributed by atoms with Crippen LogP contribution in [0, 0.1) is 11.8 Å². The van der Waals surface area contributed by atoms with Crippen LogP contribution in [-0.2, 0) is 0 Å². The second kappa shape index (κ2) is 8.67. The summed E-state index contributed by atoms with van der Waals surface area (Å²) in [7, 11) is 0. The van der Waals surface area contributed by atoms with Gasteiger partial charge in [0.05, 0.1) is 0 Å². The smallest absolute Gasteiger partial charge is 0.481 e. The standard InChI is InChI=1S/C15H11BF3O.K/c17-16(18,19)14-8-10-15(11-9-14)20-12-4-7-13-5-2-1-3-6-13;/h1-3,5-6,8-11H,12H2;/q-1;+1. The van der Waals surface area contributed by atoms with Gasteiger partial charge in [-0.2, -0.15) is 0 Å². The zero-order chi connectivity index (χ0) is 14.4. The Labute approximate surface area is 164 Å². The van der Waals surface area contributed by atoms with E-state index in [9.17, 15) is 12.9 Å². The fourth-order valence-electron chi connectivity index (χ4n) is 1.56. The van der Waals surface area contributed by atoms with Crippen molar-refractivity contribution in [1.29, 1.82) is 0 Å². The van der Waals surface area contributed by atoms with E-state index >= 15 is 0 Å². The summed E-state index contributed by atoms with van der Waals surface area (Å²) in [5.74, 6) is 6.07. The predicted octanol–water partition coefficient (Wildman–Crippen LogP) is 0.175. The summed E-state index contributed by atoms with van der Waals surface area (Å²) in [6.45, 7) is -4.82. The molecule has 0 saturated heterocycles. The maximum atomic E-state index is 12.4. The summed E-state index contributed by atoms with van der Waals surface area (Å²) in [5, 5.41) is 0. The van der Waals surface area contributed by atoms with Crippen LogP contribution in [-0.4, -0.2) is 13.6 Å². The van der Waals surface area contributed by atoms with Gasteiger partial charge in [0, 0.05) is 5.56 Å². The van der Waals surface area contributed by atoms with Crippen molar-refractivity contribution in [2.75, 3.05) is 6.61 Å². The van der Waals surface area contributed by atoms with Crippen LogP contribution in [0.4, 0.5) is 12.9 Å². The summed E-state index contributed by atoms with van der Waals surface area (Å²) < 4.78 is 42.5. The van der Waals surface area contributed by atoms with E-state index in [1.54, 1.807) is 0 Å². The average molecular weight is 314 g/mol. The van der Waals surface area contributed by atoms with Crippen molar-refractivity contribution in [2.24, 2.45) is 0 Å². The SMILES string of the molecule is F[B-](F)(F)c1ccc(OCC#Cc2ccccc2)cc1.[K+]. The molecule has 0 spiro atoms. The van der Waals surface area contributed by atoms with E-state index in [0.717, 1.165) is 17.7 Å². The minimum absolute atomic E-state index is 0. The van der Waals surface area contributed by atoms with Crippen molar-refractivity contribution >= 4 is 12.4 Å². The normalized spacial score (nSPS) is 10.0. The van der Waals surface area contributed by atoms with Crippen LogP contribution in [0.15, 0.2) is 54.6 Å². The Morgan fingerprint density at radius 2 is 1.52 bits per heavy atom. The fraction of sp³-hybridized carbons (Fsp3) is 0.0667. The second-order valence-electron chi connectivity index (χ2n) is 4.10. The molecule has 0 radical (unpaired) electrons. The maximum Gasteiger partial charge on any atom is 1.00 e. The van der Waals surface area contributed by atoms with E-state index in [-0.39, 0.29) is 58.0 Å². The van der Waals surface area contributed by atoms with Crippen LogP contribution in [0.3, 0.4) is 0 Å². The molecule has 0 aliphatic rings. The molecule has 102 valence electrons. The third kappa shape index (κ3) is 6.29. The zero-order valence-corrected chi connectivity index (χ0v) is 14.6. The third-order valence-electron chi connectivity index (χ3n) is 2.58. The van der Waals surface area contributed by atoms with Gasteiger partial charge >= 0.3 is 58.4 Å². The monoisotopic (exact) mass is 314 g/mol. The molecule has 0 N–H and O–H groups in total. The van der Waals surface area contributed by atoms with Crippen molar-refractivity contribution in [3.63, 3.8) is 0 Å². The summed E-state index contributed by atoms with van der Waals surface area (Å²) in [5.41, 5.74) is 0.235. The quantitative estimate of drug-likeness (QED) is 0.580. The Morgan fingerprint density at radius 3 is 2.10 bits per heavy atom. The number of halogens is 3. The van der Waals surface area contributed by atoms with Crippen LogP contribution in [0.2, 0.25) is 0 Å². The van der Waals surface area contributed by atoms with E-state index < -0.39 is 12.4 Å². The minimum Gasteiger partial charge on any atom is -0.481 e. The number of ether oxygens (including phenoxy) is 1. The Bertz CT molecular complexity index is 615. The molecule has 0 aromatic heterocycles. The maximum absolute atomic E-state index is 12.4. The molecular formula is C15H11BF3KO. The van der Waals surface area contributed by atoms with Gasteiger partial charge in [-0.05, 0) is 24.3 Å². The van der Waals surface area contributed by atoms with Gasteiger partial charge in [0.1, 0.15) is 12.4 Å². The molecule has 0 heterocycles. The van der Waals surface area contributed by atoms with Gasteiger partial charge < -0.3 is 17.7 Å². The Kier molecular flexibility index (Phi) is 7.57. The summed E-state index contributed by atoms with van der Waals surface area (Å²) in [4.78, 5) is 0. The molecule has 0 aliphatic carbocycles. The molecule has 6 heteroatoms. The molecule has 0 aliphatic heterocycles. The van der Waals surface area contributed by atoms with Crippen LogP contribution >= 0.6 is 0 Å². The van der Waals surface area contributed by atoms with Crippen molar-refractivity contribution in [3.05, 3.63) is 60.2 Å². The van der Waals surface area contributed by atoms with Gasteiger partial charge in [0.2, 0.25) is 0 Å². The molecule has 0 unspecified atom stereocenters. The summed E-state index contributed by atoms with van der Waals surface area (Å²) in [6.07, 6.45) is 0. The zero-order valence-electron chi connectivity index (χ0n) is 11.5. The van der Waals surface area contributed by atoms with E-state index in [1.165, 1.54) is 12.1 Å². The van der Waals surface area contributed by atoms with Gasteiger partial charge in [0.25, 0.3) is 0 Å². The molecule has 0 bridgehead atoms.